The molecule has 0 aromatic carbocycles. The highest BCUT2D eigenvalue weighted by atomic mass is 32.2. The van der Waals surface area contributed by atoms with Crippen molar-refractivity contribution in [3.05, 3.63) is 12.4 Å². The smallest absolute Gasteiger partial charge is 0.218 e. The number of nitrogens with zero attached hydrogens (tertiary/aromatic N) is 2. The van der Waals surface area contributed by atoms with Gasteiger partial charge >= 0.3 is 0 Å². The minimum absolute atomic E-state index is 0.0571. The Morgan fingerprint density at radius 2 is 2.05 bits per heavy atom. The molecule has 8 heteroatoms. The lowest BCUT2D eigenvalue weighted by molar-refractivity contribution is 0.232. The van der Waals surface area contributed by atoms with Crippen molar-refractivity contribution in [2.45, 2.75) is 26.4 Å². The summed E-state index contributed by atoms with van der Waals surface area (Å²) in [4.78, 5) is 8.04. The lowest BCUT2D eigenvalue weighted by Crippen LogP contribution is -2.24. The molecule has 0 unspecified atom stereocenters. The van der Waals surface area contributed by atoms with Crippen LogP contribution in [0.2, 0.25) is 0 Å². The summed E-state index contributed by atoms with van der Waals surface area (Å²) in [5, 5.41) is 3.08. The number of hydrogen-bond donors (Lipinski definition) is 2. The Bertz CT molecular complexity index is 490. The normalized spacial score (nSPS) is 11.6. The van der Waals surface area contributed by atoms with E-state index in [9.17, 15) is 8.42 Å². The minimum atomic E-state index is -3.11. The molecule has 0 aliphatic carbocycles. The highest BCUT2D eigenvalue weighted by Gasteiger charge is 2.02. The van der Waals surface area contributed by atoms with E-state index in [4.69, 9.17) is 4.74 Å². The third-order valence-electron chi connectivity index (χ3n) is 2.02. The summed E-state index contributed by atoms with van der Waals surface area (Å²) in [6.07, 6.45) is 3.29. The fraction of sp³-hybridized carbons (Fsp3) is 0.636. The Labute approximate surface area is 113 Å². The average Bonchev–Trinajstić information content (AvgIpc) is 2.26. The van der Waals surface area contributed by atoms with E-state index < -0.39 is 10.0 Å². The maximum atomic E-state index is 10.8. The molecule has 0 bridgehead atoms. The zero-order valence-corrected chi connectivity index (χ0v) is 12.2. The van der Waals surface area contributed by atoms with Gasteiger partial charge in [-0.25, -0.2) is 23.1 Å². The molecule has 7 nitrogen and oxygen atoms in total. The number of sulfonamides is 1. The number of nitrogens with one attached hydrogen (secondary N) is 2. The monoisotopic (exact) mass is 288 g/mol. The van der Waals surface area contributed by atoms with E-state index in [0.717, 1.165) is 6.26 Å². The number of hydrogen-bond acceptors (Lipinski definition) is 6. The molecule has 1 aromatic heterocycles. The lowest BCUT2D eigenvalue weighted by Gasteiger charge is -2.10. The van der Waals surface area contributed by atoms with Crippen molar-refractivity contribution in [1.29, 1.82) is 0 Å². The molecule has 2 N–H and O–H groups in total. The molecule has 0 aliphatic heterocycles. The average molecular weight is 288 g/mol. The van der Waals surface area contributed by atoms with Crippen molar-refractivity contribution < 1.29 is 13.2 Å². The standard InChI is InChI=1S/C11H20N4O3S/c1-9(2)18-11-7-10(13-8-14-11)12-5-4-6-15-19(3,16)17/h7-9,15H,4-6H2,1-3H3,(H,12,13,14). The van der Waals surface area contributed by atoms with E-state index in [1.165, 1.54) is 6.33 Å². The Kier molecular flexibility index (Phi) is 5.97. The van der Waals surface area contributed by atoms with Crippen LogP contribution in [0.15, 0.2) is 12.4 Å². The van der Waals surface area contributed by atoms with Gasteiger partial charge in [0.1, 0.15) is 12.1 Å². The molecule has 1 heterocycles. The van der Waals surface area contributed by atoms with E-state index in [1.54, 1.807) is 6.07 Å². The van der Waals surface area contributed by atoms with Crippen LogP contribution in [0.1, 0.15) is 20.3 Å². The van der Waals surface area contributed by atoms with E-state index in [2.05, 4.69) is 20.0 Å². The van der Waals surface area contributed by atoms with E-state index >= 15 is 0 Å². The first-order valence-corrected chi connectivity index (χ1v) is 7.93. The summed E-state index contributed by atoms with van der Waals surface area (Å²) in [5.41, 5.74) is 0. The molecule has 1 rings (SSSR count). The summed E-state index contributed by atoms with van der Waals surface area (Å²) in [6.45, 7) is 4.85. The van der Waals surface area contributed by atoms with E-state index in [-0.39, 0.29) is 6.10 Å². The second-order valence-electron chi connectivity index (χ2n) is 4.35. The van der Waals surface area contributed by atoms with Crippen molar-refractivity contribution in [3.8, 4) is 5.88 Å². The van der Waals surface area contributed by atoms with Gasteiger partial charge in [0.25, 0.3) is 0 Å². The van der Waals surface area contributed by atoms with Crippen LogP contribution in [-0.4, -0.2) is 43.8 Å². The van der Waals surface area contributed by atoms with Gasteiger partial charge in [0.15, 0.2) is 0 Å². The van der Waals surface area contributed by atoms with Crippen molar-refractivity contribution in [1.82, 2.24) is 14.7 Å². The predicted octanol–water partition coefficient (Wildman–Crippen LogP) is 0.615. The largest absolute Gasteiger partial charge is 0.475 e. The number of rotatable bonds is 8. The Hall–Kier alpha value is -1.41. The third-order valence-corrected chi connectivity index (χ3v) is 2.75. The van der Waals surface area contributed by atoms with Gasteiger partial charge in [0, 0.05) is 19.2 Å². The fourth-order valence-electron chi connectivity index (χ4n) is 1.30. The van der Waals surface area contributed by atoms with Crippen molar-refractivity contribution >= 4 is 15.8 Å². The van der Waals surface area contributed by atoms with Crippen LogP contribution in [-0.2, 0) is 10.0 Å². The van der Waals surface area contributed by atoms with Crippen molar-refractivity contribution in [3.63, 3.8) is 0 Å². The summed E-state index contributed by atoms with van der Waals surface area (Å²) in [6, 6.07) is 1.71. The summed E-state index contributed by atoms with van der Waals surface area (Å²) < 4.78 is 29.6. The van der Waals surface area contributed by atoms with Crippen molar-refractivity contribution in [2.24, 2.45) is 0 Å². The van der Waals surface area contributed by atoms with Gasteiger partial charge in [-0.15, -0.1) is 0 Å². The zero-order valence-electron chi connectivity index (χ0n) is 11.4. The molecule has 1 aromatic rings. The molecule has 0 saturated heterocycles. The van der Waals surface area contributed by atoms with Crippen LogP contribution in [0.25, 0.3) is 0 Å². The Morgan fingerprint density at radius 3 is 2.68 bits per heavy atom. The van der Waals surface area contributed by atoms with Crippen LogP contribution in [0, 0.1) is 0 Å². The number of anilines is 1. The van der Waals surface area contributed by atoms with Gasteiger partial charge in [-0.3, -0.25) is 0 Å². The maximum absolute atomic E-state index is 10.8. The molecule has 0 amide bonds. The number of aromatic nitrogens is 2. The molecule has 0 saturated carbocycles. The summed E-state index contributed by atoms with van der Waals surface area (Å²) in [5.74, 6) is 1.17. The van der Waals surface area contributed by atoms with Gasteiger partial charge < -0.3 is 10.1 Å². The minimum Gasteiger partial charge on any atom is -0.475 e. The van der Waals surface area contributed by atoms with Crippen LogP contribution in [0.3, 0.4) is 0 Å². The first kappa shape index (κ1) is 15.6. The van der Waals surface area contributed by atoms with E-state index in [0.29, 0.717) is 31.2 Å². The van der Waals surface area contributed by atoms with Gasteiger partial charge in [0.2, 0.25) is 15.9 Å². The third kappa shape index (κ3) is 7.58. The quantitative estimate of drug-likeness (QED) is 0.681. The molecule has 0 spiro atoms. The number of ether oxygens (including phenoxy) is 1. The molecule has 0 radical (unpaired) electrons. The van der Waals surface area contributed by atoms with Crippen LogP contribution in [0.5, 0.6) is 5.88 Å². The summed E-state index contributed by atoms with van der Waals surface area (Å²) >= 11 is 0. The Morgan fingerprint density at radius 1 is 1.32 bits per heavy atom. The zero-order chi connectivity index (χ0) is 14.3. The highest BCUT2D eigenvalue weighted by Crippen LogP contribution is 2.12. The molecular formula is C11H20N4O3S. The van der Waals surface area contributed by atoms with Gasteiger partial charge in [0.05, 0.1) is 12.4 Å². The molecule has 108 valence electrons. The second-order valence-corrected chi connectivity index (χ2v) is 6.19. The molecule has 0 fully saturated rings. The van der Waals surface area contributed by atoms with E-state index in [1.807, 2.05) is 13.8 Å². The topological polar surface area (TPSA) is 93.2 Å². The molecule has 0 atom stereocenters. The van der Waals surface area contributed by atoms with Gasteiger partial charge in [-0.1, -0.05) is 0 Å². The molecule has 19 heavy (non-hydrogen) atoms. The molecular weight excluding hydrogens is 268 g/mol. The highest BCUT2D eigenvalue weighted by molar-refractivity contribution is 7.88. The molecule has 0 aliphatic rings. The first-order valence-electron chi connectivity index (χ1n) is 6.04. The van der Waals surface area contributed by atoms with Gasteiger partial charge in [-0.2, -0.15) is 0 Å². The Balaban J connectivity index is 2.33. The van der Waals surface area contributed by atoms with Crippen LogP contribution in [0.4, 0.5) is 5.82 Å². The van der Waals surface area contributed by atoms with Gasteiger partial charge in [-0.05, 0) is 20.3 Å². The SMILES string of the molecule is CC(C)Oc1cc(NCCCNS(C)(=O)=O)ncn1. The lowest BCUT2D eigenvalue weighted by atomic mass is 10.4. The fourth-order valence-corrected chi connectivity index (χ4v) is 1.82. The predicted molar refractivity (Wildman–Crippen MR) is 73.7 cm³/mol. The summed E-state index contributed by atoms with van der Waals surface area (Å²) in [7, 11) is -3.11. The van der Waals surface area contributed by atoms with Crippen LogP contribution >= 0.6 is 0 Å². The van der Waals surface area contributed by atoms with Crippen molar-refractivity contribution in [2.75, 3.05) is 24.7 Å². The maximum Gasteiger partial charge on any atom is 0.218 e. The van der Waals surface area contributed by atoms with Crippen LogP contribution < -0.4 is 14.8 Å². The second kappa shape index (κ2) is 7.25. The first-order chi connectivity index (χ1) is 8.87.